The van der Waals surface area contributed by atoms with E-state index >= 15 is 0 Å². The predicted octanol–water partition coefficient (Wildman–Crippen LogP) is 16.5. The minimum Gasteiger partial charge on any atom is -0.334 e. The van der Waals surface area contributed by atoms with Crippen molar-refractivity contribution in [1.29, 1.82) is 0 Å². The summed E-state index contributed by atoms with van der Waals surface area (Å²) >= 11 is 0. The van der Waals surface area contributed by atoms with E-state index in [2.05, 4.69) is 274 Å². The van der Waals surface area contributed by atoms with Gasteiger partial charge in [0, 0.05) is 50.9 Å². The van der Waals surface area contributed by atoms with Gasteiger partial charge >= 0.3 is 0 Å². The largest absolute Gasteiger partial charge is 0.334 e. The van der Waals surface area contributed by atoms with Crippen molar-refractivity contribution >= 4 is 81.9 Å². The first-order valence-corrected chi connectivity index (χ1v) is 30.8. The Labute approximate surface area is 437 Å². The van der Waals surface area contributed by atoms with Crippen LogP contribution >= 0.6 is 0 Å². The van der Waals surface area contributed by atoms with Crippen LogP contribution in [0.15, 0.2) is 115 Å². The number of benzene rings is 6. The Hall–Kier alpha value is -5.00. The highest BCUT2D eigenvalue weighted by atomic mass is 28.3. The van der Waals surface area contributed by atoms with E-state index in [1.807, 2.05) is 0 Å². The van der Waals surface area contributed by atoms with E-state index in [1.165, 1.54) is 89.7 Å². The lowest BCUT2D eigenvalue weighted by molar-refractivity contribution is -0.0311. The molecule has 5 heteroatoms. The molecule has 1 saturated carbocycles. The normalized spacial score (nSPS) is 21.2. The molecule has 4 aliphatic rings. The highest BCUT2D eigenvalue weighted by molar-refractivity contribution is 7.00. The van der Waals surface area contributed by atoms with E-state index in [4.69, 9.17) is 0 Å². The van der Waals surface area contributed by atoms with E-state index in [9.17, 15) is 0 Å². The molecule has 3 aliphatic heterocycles. The molecule has 10 rings (SSSR count). The summed E-state index contributed by atoms with van der Waals surface area (Å²) in [6, 6.07) is 46.9. The number of anilines is 8. The lowest BCUT2D eigenvalue weighted by atomic mass is 9.33. The zero-order valence-corrected chi connectivity index (χ0v) is 49.3. The number of fused-ring (bicyclic) bond motifs is 7. The second-order valence-electron chi connectivity index (χ2n) is 29.7. The van der Waals surface area contributed by atoms with Gasteiger partial charge in [-0.25, -0.2) is 0 Å². The molecule has 2 atom stereocenters. The maximum atomic E-state index is 2.86. The van der Waals surface area contributed by atoms with Crippen LogP contribution in [-0.4, -0.2) is 20.3 Å². The van der Waals surface area contributed by atoms with Crippen LogP contribution in [0.2, 0.25) is 19.6 Å². The Balaban J connectivity index is 1.35. The van der Waals surface area contributed by atoms with Gasteiger partial charge in [-0.3, -0.25) is 0 Å². The molecule has 1 aliphatic carbocycles. The quantitative estimate of drug-likeness (QED) is 0.163. The van der Waals surface area contributed by atoms with Crippen molar-refractivity contribution in [2.24, 2.45) is 10.8 Å². The Morgan fingerprint density at radius 2 is 0.806 bits per heavy atom. The first-order valence-electron chi connectivity index (χ1n) is 27.3. The summed E-state index contributed by atoms with van der Waals surface area (Å²) in [6.45, 7) is 51.1. The van der Waals surface area contributed by atoms with E-state index in [1.54, 1.807) is 5.19 Å². The maximum absolute atomic E-state index is 2.86. The fourth-order valence-electron chi connectivity index (χ4n) is 13.5. The van der Waals surface area contributed by atoms with Crippen molar-refractivity contribution in [2.75, 3.05) is 14.7 Å². The van der Waals surface area contributed by atoms with Crippen molar-refractivity contribution in [3.63, 3.8) is 0 Å². The highest BCUT2D eigenvalue weighted by Gasteiger charge is 2.65. The smallest absolute Gasteiger partial charge is 0.252 e. The molecule has 0 bridgehead atoms. The minimum absolute atomic E-state index is 0.00859. The number of nitrogens with zero attached hydrogens (tertiary/aromatic N) is 3. The van der Waals surface area contributed by atoms with Crippen LogP contribution in [0.25, 0.3) is 0 Å². The van der Waals surface area contributed by atoms with Crippen LogP contribution in [-0.2, 0) is 27.1 Å². The zero-order valence-electron chi connectivity index (χ0n) is 48.3. The monoisotopic (exact) mass is 972 g/mol. The molecular formula is C67H86BN3Si. The molecule has 6 aromatic carbocycles. The first kappa shape index (κ1) is 50.5. The van der Waals surface area contributed by atoms with E-state index in [0.29, 0.717) is 0 Å². The topological polar surface area (TPSA) is 9.72 Å². The van der Waals surface area contributed by atoms with Crippen LogP contribution in [0.4, 0.5) is 45.5 Å². The molecule has 0 N–H and O–H groups in total. The second kappa shape index (κ2) is 15.8. The van der Waals surface area contributed by atoms with Crippen LogP contribution < -0.4 is 36.3 Å². The Morgan fingerprint density at radius 1 is 0.417 bits per heavy atom. The summed E-state index contributed by atoms with van der Waals surface area (Å²) in [6.07, 6.45) is 2.19. The third-order valence-electron chi connectivity index (χ3n) is 18.8. The molecule has 6 aromatic rings. The molecule has 0 saturated heterocycles. The summed E-state index contributed by atoms with van der Waals surface area (Å²) in [5.41, 5.74) is 21.1. The van der Waals surface area contributed by atoms with Crippen molar-refractivity contribution in [1.82, 2.24) is 0 Å². The second-order valence-corrected chi connectivity index (χ2v) is 34.8. The third-order valence-corrected chi connectivity index (χ3v) is 20.9. The van der Waals surface area contributed by atoms with Gasteiger partial charge in [0.1, 0.15) is 0 Å². The molecule has 0 radical (unpaired) electrons. The fraction of sp³-hybridized carbons (Fsp3) is 0.463. The Morgan fingerprint density at radius 3 is 1.21 bits per heavy atom. The molecule has 0 aromatic heterocycles. The number of rotatable bonds is 4. The first-order chi connectivity index (χ1) is 33.1. The fourth-order valence-corrected chi connectivity index (χ4v) is 14.6. The van der Waals surface area contributed by atoms with Crippen LogP contribution in [0.3, 0.4) is 0 Å². The van der Waals surface area contributed by atoms with Gasteiger partial charge in [-0.05, 0) is 151 Å². The van der Waals surface area contributed by atoms with Crippen molar-refractivity contribution in [2.45, 2.75) is 190 Å². The highest BCUT2D eigenvalue weighted by Crippen LogP contribution is 2.68. The summed E-state index contributed by atoms with van der Waals surface area (Å²) in [4.78, 5) is 8.15. The van der Waals surface area contributed by atoms with E-state index in [-0.39, 0.29) is 50.2 Å². The number of hydrogen-bond acceptors (Lipinski definition) is 3. The predicted molar refractivity (Wildman–Crippen MR) is 319 cm³/mol. The van der Waals surface area contributed by atoms with E-state index in [0.717, 1.165) is 12.8 Å². The van der Waals surface area contributed by atoms with Gasteiger partial charge in [0.05, 0.1) is 13.6 Å². The standard InChI is InChI=1S/C67H86BN3Si/c1-60(2,3)43-22-28-47(29-23-43)69-55-33-26-45(62(7,8)9)36-52(55)68-53-37-46(63(10,11)12)27-34-56(53)70(48-30-24-44(25-31-48)61(4,5)6)58-39-49(38-57(69)59(58)68)71-54-35-32-50(72(19,20)21)40-51(54)66(17)41-64(13,14)65(15,16)42-67(66,71)18/h22-40H,41-42H2,1-21H3. The molecule has 2 unspecified atom stereocenters. The van der Waals surface area contributed by atoms with Gasteiger partial charge in [-0.15, -0.1) is 0 Å². The summed E-state index contributed by atoms with van der Waals surface area (Å²) < 4.78 is 0. The van der Waals surface area contributed by atoms with Crippen molar-refractivity contribution in [3.8, 4) is 0 Å². The molecule has 376 valence electrons. The van der Waals surface area contributed by atoms with Gasteiger partial charge < -0.3 is 14.7 Å². The summed E-state index contributed by atoms with van der Waals surface area (Å²) in [7, 11) is -1.65. The Kier molecular flexibility index (Phi) is 11.1. The molecule has 72 heavy (non-hydrogen) atoms. The van der Waals surface area contributed by atoms with Crippen LogP contribution in [0.1, 0.15) is 165 Å². The minimum atomic E-state index is -1.65. The summed E-state index contributed by atoms with van der Waals surface area (Å²) in [5.74, 6) is 0. The molecular weight excluding hydrogens is 886 g/mol. The lowest BCUT2D eigenvalue weighted by Crippen LogP contribution is -2.63. The van der Waals surface area contributed by atoms with E-state index < -0.39 is 8.07 Å². The molecule has 3 nitrogen and oxygen atoms in total. The van der Waals surface area contributed by atoms with Crippen LogP contribution in [0, 0.1) is 10.8 Å². The van der Waals surface area contributed by atoms with Gasteiger partial charge in [-0.1, -0.05) is 203 Å². The lowest BCUT2D eigenvalue weighted by Gasteiger charge is -2.61. The SMILES string of the molecule is CC(C)(C)c1ccc(N2c3ccc(C(C)(C)C)cc3B3c4cc(C(C)(C)C)ccc4N(c4ccc(C(C)(C)C)cc4)c4cc(N5c6ccc([Si](C)(C)C)cc6C6(C)CC(C)(C)C(C)(C)CC56C)cc2c43)cc1. The van der Waals surface area contributed by atoms with Crippen molar-refractivity contribution < 1.29 is 0 Å². The van der Waals surface area contributed by atoms with Gasteiger partial charge in [-0.2, -0.15) is 0 Å². The Bertz CT molecular complexity index is 2990. The third kappa shape index (κ3) is 7.70. The summed E-state index contributed by atoms with van der Waals surface area (Å²) in [5, 5.41) is 1.55. The molecule has 0 spiro atoms. The zero-order chi connectivity index (χ0) is 52.5. The average molecular weight is 972 g/mol. The van der Waals surface area contributed by atoms with Crippen molar-refractivity contribution in [3.05, 3.63) is 143 Å². The van der Waals surface area contributed by atoms with Crippen LogP contribution in [0.5, 0.6) is 0 Å². The molecule has 0 amide bonds. The van der Waals surface area contributed by atoms with Gasteiger partial charge in [0.15, 0.2) is 0 Å². The number of hydrogen-bond donors (Lipinski definition) is 0. The van der Waals surface area contributed by atoms with Gasteiger partial charge in [0.25, 0.3) is 6.71 Å². The van der Waals surface area contributed by atoms with Gasteiger partial charge in [0.2, 0.25) is 0 Å². The average Bonchev–Trinajstić information content (AvgIpc) is 3.44. The molecule has 1 fully saturated rings. The maximum Gasteiger partial charge on any atom is 0.252 e. The molecule has 3 heterocycles.